The number of nitrogens with two attached hydrogens (primary N) is 1. The number of benzene rings is 2. The van der Waals surface area contributed by atoms with Crippen LogP contribution in [0.4, 0.5) is 5.69 Å². The number of anilines is 1. The maximum Gasteiger partial charge on any atom is 0.175 e. The molecule has 0 spiro atoms. The smallest absolute Gasteiger partial charge is 0.175 e. The molecule has 0 bridgehead atoms. The third-order valence-corrected chi connectivity index (χ3v) is 4.85. The van der Waals surface area contributed by atoms with E-state index >= 15 is 0 Å². The van der Waals surface area contributed by atoms with Gasteiger partial charge in [-0.3, -0.25) is 5.10 Å². The van der Waals surface area contributed by atoms with Gasteiger partial charge in [-0.1, -0.05) is 30.3 Å². The predicted molar refractivity (Wildman–Crippen MR) is 92.4 cm³/mol. The summed E-state index contributed by atoms with van der Waals surface area (Å²) >= 11 is 0. The van der Waals surface area contributed by atoms with Crippen LogP contribution in [-0.2, 0) is 22.7 Å². The number of aromatic nitrogens is 3. The Balaban J connectivity index is 1.79. The lowest BCUT2D eigenvalue weighted by Crippen LogP contribution is -2.03. The van der Waals surface area contributed by atoms with E-state index in [2.05, 4.69) is 15.2 Å². The van der Waals surface area contributed by atoms with Crippen molar-refractivity contribution in [3.8, 4) is 0 Å². The Hall–Kier alpha value is -2.67. The summed E-state index contributed by atoms with van der Waals surface area (Å²) < 4.78 is 23.7. The zero-order valence-corrected chi connectivity index (χ0v) is 14.0. The van der Waals surface area contributed by atoms with Crippen LogP contribution >= 0.6 is 0 Å². The molecule has 0 fully saturated rings. The van der Waals surface area contributed by atoms with Crippen LogP contribution in [0.1, 0.15) is 22.8 Å². The van der Waals surface area contributed by atoms with Crippen LogP contribution in [0.2, 0.25) is 0 Å². The van der Waals surface area contributed by atoms with Crippen LogP contribution in [-0.4, -0.2) is 29.9 Å². The molecule has 0 amide bonds. The summed E-state index contributed by atoms with van der Waals surface area (Å²) in [6, 6.07) is 14.5. The summed E-state index contributed by atoms with van der Waals surface area (Å²) in [6.07, 6.45) is 2.18. The Bertz CT molecular complexity index is 947. The lowest BCUT2D eigenvalue weighted by Gasteiger charge is -2.05. The molecule has 0 aliphatic rings. The van der Waals surface area contributed by atoms with E-state index in [1.165, 1.54) is 6.26 Å². The molecule has 0 saturated carbocycles. The van der Waals surface area contributed by atoms with Gasteiger partial charge in [-0.2, -0.15) is 5.10 Å². The summed E-state index contributed by atoms with van der Waals surface area (Å²) in [7, 11) is -3.28. The average Bonchev–Trinajstić information content (AvgIpc) is 2.96. The molecule has 3 N–H and O–H groups in total. The van der Waals surface area contributed by atoms with Crippen LogP contribution in [0, 0.1) is 0 Å². The maximum absolute atomic E-state index is 11.9. The minimum Gasteiger partial charge on any atom is -0.399 e. The van der Waals surface area contributed by atoms with Gasteiger partial charge in [0.2, 0.25) is 0 Å². The molecule has 0 atom stereocenters. The highest BCUT2D eigenvalue weighted by molar-refractivity contribution is 7.90. The second-order valence-corrected chi connectivity index (χ2v) is 7.66. The van der Waals surface area contributed by atoms with Crippen LogP contribution in [0.5, 0.6) is 0 Å². The Kier molecular flexibility index (Phi) is 4.35. The SMILES string of the molecule is CS(=O)(=O)c1ccccc1Cc1n[nH]c(Cc2ccc(N)cc2)n1. The van der Waals surface area contributed by atoms with Gasteiger partial charge in [0, 0.05) is 24.8 Å². The molecular formula is C17H18N4O2S. The van der Waals surface area contributed by atoms with Gasteiger partial charge in [0.15, 0.2) is 15.7 Å². The predicted octanol–water partition coefficient (Wildman–Crippen LogP) is 1.97. The second kappa shape index (κ2) is 6.45. The normalized spacial score (nSPS) is 11.5. The first kappa shape index (κ1) is 16.2. The molecule has 0 aliphatic carbocycles. The molecular weight excluding hydrogens is 324 g/mol. The van der Waals surface area contributed by atoms with E-state index < -0.39 is 9.84 Å². The third kappa shape index (κ3) is 3.80. The third-order valence-electron chi connectivity index (χ3n) is 3.65. The summed E-state index contributed by atoms with van der Waals surface area (Å²) in [5.41, 5.74) is 8.16. The first-order chi connectivity index (χ1) is 11.4. The first-order valence-electron chi connectivity index (χ1n) is 7.44. The summed E-state index contributed by atoms with van der Waals surface area (Å²) in [5, 5.41) is 7.10. The number of hydrogen-bond acceptors (Lipinski definition) is 5. The zero-order valence-electron chi connectivity index (χ0n) is 13.2. The van der Waals surface area contributed by atoms with Crippen molar-refractivity contribution in [2.45, 2.75) is 17.7 Å². The van der Waals surface area contributed by atoms with Crippen molar-refractivity contribution in [2.75, 3.05) is 12.0 Å². The summed E-state index contributed by atoms with van der Waals surface area (Å²) in [4.78, 5) is 4.77. The highest BCUT2D eigenvalue weighted by Gasteiger charge is 2.14. The number of nitrogen functional groups attached to an aromatic ring is 1. The van der Waals surface area contributed by atoms with Crippen molar-refractivity contribution in [1.82, 2.24) is 15.2 Å². The topological polar surface area (TPSA) is 102 Å². The molecule has 2 aromatic carbocycles. The quantitative estimate of drug-likeness (QED) is 0.690. The molecule has 3 aromatic rings. The van der Waals surface area contributed by atoms with Crippen molar-refractivity contribution in [3.63, 3.8) is 0 Å². The number of aromatic amines is 1. The molecule has 6 nitrogen and oxygen atoms in total. The van der Waals surface area contributed by atoms with Crippen molar-refractivity contribution in [1.29, 1.82) is 0 Å². The lowest BCUT2D eigenvalue weighted by molar-refractivity contribution is 0.601. The van der Waals surface area contributed by atoms with E-state index in [9.17, 15) is 8.42 Å². The van der Waals surface area contributed by atoms with Gasteiger partial charge >= 0.3 is 0 Å². The fourth-order valence-corrected chi connectivity index (χ4v) is 3.45. The Labute approximate surface area is 140 Å². The molecule has 0 saturated heterocycles. The average molecular weight is 342 g/mol. The van der Waals surface area contributed by atoms with Gasteiger partial charge in [-0.05, 0) is 29.3 Å². The fraction of sp³-hybridized carbons (Fsp3) is 0.176. The summed E-state index contributed by atoms with van der Waals surface area (Å²) in [6.45, 7) is 0. The molecule has 0 aliphatic heterocycles. The maximum atomic E-state index is 11.9. The molecule has 124 valence electrons. The molecule has 24 heavy (non-hydrogen) atoms. The Morgan fingerprint density at radius 2 is 1.75 bits per heavy atom. The lowest BCUT2D eigenvalue weighted by atomic mass is 10.1. The number of nitrogens with one attached hydrogen (secondary N) is 1. The number of rotatable bonds is 5. The van der Waals surface area contributed by atoms with E-state index in [0.29, 0.717) is 29.1 Å². The van der Waals surface area contributed by atoms with E-state index in [0.717, 1.165) is 17.1 Å². The van der Waals surface area contributed by atoms with Gasteiger partial charge in [0.05, 0.1) is 4.90 Å². The van der Waals surface area contributed by atoms with Gasteiger partial charge < -0.3 is 5.73 Å². The fourth-order valence-electron chi connectivity index (χ4n) is 2.50. The number of hydrogen-bond donors (Lipinski definition) is 2. The molecule has 0 radical (unpaired) electrons. The van der Waals surface area contributed by atoms with Gasteiger partial charge in [-0.15, -0.1) is 0 Å². The largest absolute Gasteiger partial charge is 0.399 e. The summed E-state index contributed by atoms with van der Waals surface area (Å²) in [5.74, 6) is 1.29. The van der Waals surface area contributed by atoms with E-state index in [4.69, 9.17) is 5.73 Å². The zero-order chi connectivity index (χ0) is 17.2. The van der Waals surface area contributed by atoms with E-state index in [-0.39, 0.29) is 0 Å². The minimum atomic E-state index is -3.28. The van der Waals surface area contributed by atoms with Crippen LogP contribution in [0.3, 0.4) is 0 Å². The number of nitrogens with zero attached hydrogens (tertiary/aromatic N) is 2. The monoisotopic (exact) mass is 342 g/mol. The highest BCUT2D eigenvalue weighted by atomic mass is 32.2. The van der Waals surface area contributed by atoms with Gasteiger partial charge in [0.25, 0.3) is 0 Å². The molecule has 7 heteroatoms. The van der Waals surface area contributed by atoms with Gasteiger partial charge in [0.1, 0.15) is 5.82 Å². The molecule has 0 unspecified atom stereocenters. The first-order valence-corrected chi connectivity index (χ1v) is 9.33. The molecule has 1 aromatic heterocycles. The molecule has 1 heterocycles. The Morgan fingerprint density at radius 1 is 1.04 bits per heavy atom. The van der Waals surface area contributed by atoms with E-state index in [1.54, 1.807) is 18.2 Å². The van der Waals surface area contributed by atoms with E-state index in [1.807, 2.05) is 30.3 Å². The van der Waals surface area contributed by atoms with Crippen molar-refractivity contribution in [3.05, 3.63) is 71.3 Å². The second-order valence-electron chi connectivity index (χ2n) is 5.67. The van der Waals surface area contributed by atoms with Crippen molar-refractivity contribution in [2.24, 2.45) is 0 Å². The number of sulfone groups is 1. The van der Waals surface area contributed by atoms with Crippen molar-refractivity contribution < 1.29 is 8.42 Å². The van der Waals surface area contributed by atoms with Crippen LogP contribution in [0.15, 0.2) is 53.4 Å². The van der Waals surface area contributed by atoms with Crippen molar-refractivity contribution >= 4 is 15.5 Å². The molecule has 3 rings (SSSR count). The van der Waals surface area contributed by atoms with Crippen LogP contribution in [0.25, 0.3) is 0 Å². The minimum absolute atomic E-state index is 0.315. The Morgan fingerprint density at radius 3 is 2.46 bits per heavy atom. The standard InChI is InChI=1S/C17H18N4O2S/c1-24(22,23)15-5-3-2-4-13(15)11-17-19-16(20-21-17)10-12-6-8-14(18)9-7-12/h2-9H,10-11,18H2,1H3,(H,19,20,21). The highest BCUT2D eigenvalue weighted by Crippen LogP contribution is 2.18. The van der Waals surface area contributed by atoms with Gasteiger partial charge in [-0.25, -0.2) is 13.4 Å². The van der Waals surface area contributed by atoms with Crippen LogP contribution < -0.4 is 5.73 Å². The number of H-pyrrole nitrogens is 1.